The van der Waals surface area contributed by atoms with Gasteiger partial charge in [-0.3, -0.25) is 0 Å². The molecule has 0 heterocycles. The van der Waals surface area contributed by atoms with E-state index in [4.69, 9.17) is 14.2 Å². The molecule has 0 N–H and O–H groups in total. The summed E-state index contributed by atoms with van der Waals surface area (Å²) in [6.45, 7) is 12.4. The van der Waals surface area contributed by atoms with Gasteiger partial charge in [0, 0.05) is 5.56 Å². The van der Waals surface area contributed by atoms with Gasteiger partial charge in [0.1, 0.15) is 12.0 Å². The summed E-state index contributed by atoms with van der Waals surface area (Å²) >= 11 is 0. The first kappa shape index (κ1) is 24.3. The zero-order chi connectivity index (χ0) is 21.5. The summed E-state index contributed by atoms with van der Waals surface area (Å²) in [5.74, 6) is 0.740. The minimum Gasteiger partial charge on any atom is -0.496 e. The molecule has 4 nitrogen and oxygen atoms in total. The molecular weight excluding hydrogens is 364 g/mol. The number of hydrogen-bond donors (Lipinski definition) is 0. The van der Waals surface area contributed by atoms with Crippen molar-refractivity contribution in [3.63, 3.8) is 0 Å². The van der Waals surface area contributed by atoms with Crippen LogP contribution in [0.15, 0.2) is 67.8 Å². The van der Waals surface area contributed by atoms with Gasteiger partial charge in [-0.25, -0.2) is 0 Å². The Bertz CT molecular complexity index is 794. The van der Waals surface area contributed by atoms with Crippen LogP contribution in [-0.4, -0.2) is 39.8 Å². The van der Waals surface area contributed by atoms with Crippen molar-refractivity contribution in [1.29, 1.82) is 0 Å². The molecule has 0 spiro atoms. The summed E-state index contributed by atoms with van der Waals surface area (Å²) in [4.78, 5) is 12.0. The van der Waals surface area contributed by atoms with E-state index in [1.54, 1.807) is 19.3 Å². The smallest absolute Gasteiger partial charge is 0.134 e. The van der Waals surface area contributed by atoms with Crippen LogP contribution in [0.5, 0.6) is 5.75 Å². The van der Waals surface area contributed by atoms with Crippen LogP contribution < -0.4 is 4.74 Å². The van der Waals surface area contributed by atoms with E-state index in [1.165, 1.54) is 0 Å². The first-order valence-electron chi connectivity index (χ1n) is 9.78. The molecule has 29 heavy (non-hydrogen) atoms. The van der Waals surface area contributed by atoms with E-state index in [2.05, 4.69) is 13.2 Å². The molecule has 2 aromatic rings. The molecule has 2 rings (SSSR count). The normalized spacial score (nSPS) is 11.0. The van der Waals surface area contributed by atoms with E-state index < -0.39 is 5.41 Å². The third kappa shape index (κ3) is 7.00. The van der Waals surface area contributed by atoms with Crippen molar-refractivity contribution in [2.75, 3.05) is 33.5 Å². The zero-order valence-electron chi connectivity index (χ0n) is 17.7. The minimum absolute atomic E-state index is 0.198. The molecule has 0 bridgehead atoms. The van der Waals surface area contributed by atoms with E-state index in [-0.39, 0.29) is 13.2 Å². The fourth-order valence-electron chi connectivity index (χ4n) is 2.78. The van der Waals surface area contributed by atoms with Crippen molar-refractivity contribution in [2.24, 2.45) is 5.41 Å². The standard InChI is InChI=1S/C23H26O4.C2H6/c1-4-14-26-17-23(16-24,18-27-15-5-2)13-12-21-20-9-7-6-8-19(20)10-11-22(21)25-3;1-2/h4-13,16H,1-2,14-15,17-18H2,3H3;1-2H3/b13-12+;. The zero-order valence-corrected chi connectivity index (χ0v) is 17.7. The maximum absolute atomic E-state index is 12.0. The van der Waals surface area contributed by atoms with E-state index in [9.17, 15) is 4.79 Å². The van der Waals surface area contributed by atoms with Gasteiger partial charge >= 0.3 is 0 Å². The second-order valence-corrected chi connectivity index (χ2v) is 6.19. The Morgan fingerprint density at radius 1 is 0.966 bits per heavy atom. The molecule has 0 unspecified atom stereocenters. The van der Waals surface area contributed by atoms with E-state index in [1.807, 2.05) is 62.4 Å². The van der Waals surface area contributed by atoms with Crippen molar-refractivity contribution in [1.82, 2.24) is 0 Å². The van der Waals surface area contributed by atoms with E-state index in [0.29, 0.717) is 13.2 Å². The molecule has 0 saturated carbocycles. The highest BCUT2D eigenvalue weighted by Crippen LogP contribution is 2.31. The predicted octanol–water partition coefficient (Wildman–Crippen LogP) is 5.48. The van der Waals surface area contributed by atoms with Gasteiger partial charge in [-0.05, 0) is 16.8 Å². The van der Waals surface area contributed by atoms with E-state index >= 15 is 0 Å². The Hall–Kier alpha value is -2.69. The maximum atomic E-state index is 12.0. The van der Waals surface area contributed by atoms with Crippen LogP contribution in [0.25, 0.3) is 16.8 Å². The summed E-state index contributed by atoms with van der Waals surface area (Å²) in [6.07, 6.45) is 7.91. The molecular formula is C25H32O4. The third-order valence-corrected chi connectivity index (χ3v) is 4.18. The quantitative estimate of drug-likeness (QED) is 0.271. The summed E-state index contributed by atoms with van der Waals surface area (Å²) in [6, 6.07) is 12.0. The Kier molecular flexibility index (Phi) is 11.3. The second kappa shape index (κ2) is 13.5. The molecule has 0 radical (unpaired) electrons. The van der Waals surface area contributed by atoms with Gasteiger partial charge in [-0.1, -0.05) is 68.5 Å². The van der Waals surface area contributed by atoms with Gasteiger partial charge < -0.3 is 19.0 Å². The highest BCUT2D eigenvalue weighted by atomic mass is 16.5. The molecule has 0 saturated heterocycles. The number of benzene rings is 2. The fourth-order valence-corrected chi connectivity index (χ4v) is 2.78. The van der Waals surface area contributed by atoms with Crippen LogP contribution in [0.3, 0.4) is 0 Å². The van der Waals surface area contributed by atoms with Crippen LogP contribution in [0, 0.1) is 5.41 Å². The van der Waals surface area contributed by atoms with Gasteiger partial charge in [-0.2, -0.15) is 0 Å². The predicted molar refractivity (Wildman–Crippen MR) is 121 cm³/mol. The number of hydrogen-bond acceptors (Lipinski definition) is 4. The third-order valence-electron chi connectivity index (χ3n) is 4.18. The highest BCUT2D eigenvalue weighted by Gasteiger charge is 2.28. The number of carbonyl (C=O) groups is 1. The van der Waals surface area contributed by atoms with Crippen molar-refractivity contribution in [2.45, 2.75) is 13.8 Å². The number of ether oxygens (including phenoxy) is 3. The Labute approximate surface area is 174 Å². The number of carbonyl (C=O) groups excluding carboxylic acids is 1. The number of fused-ring (bicyclic) bond motifs is 1. The van der Waals surface area contributed by atoms with Gasteiger partial charge in [0.25, 0.3) is 0 Å². The average molecular weight is 397 g/mol. The number of aldehydes is 1. The largest absolute Gasteiger partial charge is 0.496 e. The second-order valence-electron chi connectivity index (χ2n) is 6.19. The molecule has 0 amide bonds. The van der Waals surface area contributed by atoms with Crippen LogP contribution in [0.2, 0.25) is 0 Å². The van der Waals surface area contributed by atoms with Crippen LogP contribution in [0.1, 0.15) is 19.4 Å². The van der Waals surface area contributed by atoms with E-state index in [0.717, 1.165) is 28.4 Å². The van der Waals surface area contributed by atoms with Crippen molar-refractivity contribution < 1.29 is 19.0 Å². The maximum Gasteiger partial charge on any atom is 0.134 e. The Morgan fingerprint density at radius 2 is 1.59 bits per heavy atom. The number of methoxy groups -OCH3 is 1. The lowest BCUT2D eigenvalue weighted by atomic mass is 9.90. The lowest BCUT2D eigenvalue weighted by molar-refractivity contribution is -0.119. The van der Waals surface area contributed by atoms with Gasteiger partial charge in [-0.15, -0.1) is 13.2 Å². The van der Waals surface area contributed by atoms with Gasteiger partial charge in [0.15, 0.2) is 0 Å². The molecule has 0 aliphatic carbocycles. The number of rotatable bonds is 12. The molecule has 2 aromatic carbocycles. The van der Waals surface area contributed by atoms with Crippen molar-refractivity contribution in [3.8, 4) is 5.75 Å². The summed E-state index contributed by atoms with van der Waals surface area (Å²) in [5, 5.41) is 2.15. The van der Waals surface area contributed by atoms with Gasteiger partial charge in [0.2, 0.25) is 0 Å². The van der Waals surface area contributed by atoms with Crippen LogP contribution in [0.4, 0.5) is 0 Å². The molecule has 0 aromatic heterocycles. The van der Waals surface area contributed by atoms with Crippen LogP contribution in [-0.2, 0) is 14.3 Å². The fraction of sp³-hybridized carbons (Fsp3) is 0.320. The Balaban J connectivity index is 0.00000204. The van der Waals surface area contributed by atoms with Crippen molar-refractivity contribution >= 4 is 23.1 Å². The first-order valence-corrected chi connectivity index (χ1v) is 9.78. The molecule has 156 valence electrons. The minimum atomic E-state index is -0.909. The first-order chi connectivity index (χ1) is 14.2. The molecule has 4 heteroatoms. The highest BCUT2D eigenvalue weighted by molar-refractivity contribution is 5.93. The summed E-state index contributed by atoms with van der Waals surface area (Å²) < 4.78 is 16.7. The van der Waals surface area contributed by atoms with Gasteiger partial charge in [0.05, 0.1) is 39.0 Å². The molecule has 0 aliphatic rings. The Morgan fingerprint density at radius 3 is 2.14 bits per heavy atom. The lowest BCUT2D eigenvalue weighted by Gasteiger charge is -2.24. The molecule has 0 atom stereocenters. The molecule has 0 aliphatic heterocycles. The van der Waals surface area contributed by atoms with Crippen LogP contribution >= 0.6 is 0 Å². The summed E-state index contributed by atoms with van der Waals surface area (Å²) in [7, 11) is 1.63. The molecule has 0 fully saturated rings. The topological polar surface area (TPSA) is 44.8 Å². The lowest BCUT2D eigenvalue weighted by Crippen LogP contribution is -2.32. The monoisotopic (exact) mass is 396 g/mol. The SMILES string of the molecule is C=CCOCC(C=O)(/C=C/c1c(OC)ccc2ccccc12)COCC=C.CC. The summed E-state index contributed by atoms with van der Waals surface area (Å²) in [5.41, 5.74) is 0.00260. The van der Waals surface area contributed by atoms with Crippen molar-refractivity contribution in [3.05, 3.63) is 73.3 Å². The average Bonchev–Trinajstić information content (AvgIpc) is 2.78.